The minimum atomic E-state index is -0.489. The van der Waals surface area contributed by atoms with Gasteiger partial charge < -0.3 is 14.1 Å². The van der Waals surface area contributed by atoms with Gasteiger partial charge in [0.15, 0.2) is 0 Å². The summed E-state index contributed by atoms with van der Waals surface area (Å²) in [5, 5.41) is 18.2. The van der Waals surface area contributed by atoms with Gasteiger partial charge in [-0.25, -0.2) is 0 Å². The quantitative estimate of drug-likeness (QED) is 0.595. The summed E-state index contributed by atoms with van der Waals surface area (Å²) < 4.78 is 10.5. The van der Waals surface area contributed by atoms with Crippen molar-refractivity contribution in [2.75, 3.05) is 18.6 Å². The Bertz CT molecular complexity index is 851. The Kier molecular flexibility index (Phi) is 5.97. The van der Waals surface area contributed by atoms with E-state index in [2.05, 4.69) is 0 Å². The summed E-state index contributed by atoms with van der Waals surface area (Å²) in [7, 11) is 1.55. The van der Waals surface area contributed by atoms with Crippen molar-refractivity contribution in [1.82, 2.24) is 0 Å². The highest BCUT2D eigenvalue weighted by atomic mass is 16.5. The number of furan rings is 1. The van der Waals surface area contributed by atoms with E-state index < -0.39 is 5.91 Å². The highest BCUT2D eigenvalue weighted by Crippen LogP contribution is 2.22. The van der Waals surface area contributed by atoms with Gasteiger partial charge in [0.25, 0.3) is 5.91 Å². The monoisotopic (exact) mass is 335 g/mol. The van der Waals surface area contributed by atoms with E-state index in [1.165, 1.54) is 11.0 Å². The van der Waals surface area contributed by atoms with Crippen LogP contribution in [-0.2, 0) is 4.79 Å². The number of nitrogens with zero attached hydrogens (tertiary/aromatic N) is 3. The molecule has 0 aliphatic carbocycles. The maximum Gasteiger partial charge on any atom is 0.269 e. The minimum absolute atomic E-state index is 0.0666. The van der Waals surface area contributed by atoms with Crippen LogP contribution in [0, 0.1) is 29.6 Å². The highest BCUT2D eigenvalue weighted by Gasteiger charge is 2.20. The number of hydrogen-bond donors (Lipinski definition) is 0. The second-order valence-electron chi connectivity index (χ2n) is 5.18. The van der Waals surface area contributed by atoms with Gasteiger partial charge >= 0.3 is 0 Å². The van der Waals surface area contributed by atoms with E-state index >= 15 is 0 Å². The van der Waals surface area contributed by atoms with Crippen molar-refractivity contribution in [2.45, 2.75) is 13.3 Å². The van der Waals surface area contributed by atoms with E-state index in [0.29, 0.717) is 23.0 Å². The van der Waals surface area contributed by atoms with E-state index in [0.717, 1.165) is 0 Å². The predicted molar refractivity (Wildman–Crippen MR) is 92.6 cm³/mol. The fourth-order valence-corrected chi connectivity index (χ4v) is 2.23. The molecule has 0 atom stereocenters. The van der Waals surface area contributed by atoms with Gasteiger partial charge in [-0.3, -0.25) is 4.79 Å². The molecule has 0 N–H and O–H groups in total. The Morgan fingerprint density at radius 1 is 1.24 bits per heavy atom. The third kappa shape index (κ3) is 4.49. The molecule has 1 aromatic heterocycles. The molecular formula is C19H17N3O3. The number of amides is 1. The normalized spacial score (nSPS) is 10.6. The molecule has 0 saturated heterocycles. The molecule has 1 amide bonds. The fraction of sp³-hybridized carbons (Fsp3) is 0.211. The number of benzene rings is 1. The number of rotatable bonds is 6. The molecule has 6 heteroatoms. The van der Waals surface area contributed by atoms with Crippen LogP contribution in [0.5, 0.6) is 5.75 Å². The predicted octanol–water partition coefficient (Wildman–Crippen LogP) is 3.45. The van der Waals surface area contributed by atoms with Crippen LogP contribution < -0.4 is 9.64 Å². The maximum absolute atomic E-state index is 12.8. The van der Waals surface area contributed by atoms with Gasteiger partial charge in [0.05, 0.1) is 19.6 Å². The molecule has 2 aromatic rings. The molecule has 6 nitrogen and oxygen atoms in total. The lowest BCUT2D eigenvalue weighted by molar-refractivity contribution is -0.114. The summed E-state index contributed by atoms with van der Waals surface area (Å²) in [6.07, 6.45) is 1.55. The molecular weight excluding hydrogens is 318 g/mol. The Hall–Kier alpha value is -3.51. The molecule has 126 valence electrons. The van der Waals surface area contributed by atoms with Gasteiger partial charge in [-0.05, 0) is 43.3 Å². The molecule has 0 fully saturated rings. The van der Waals surface area contributed by atoms with Crippen LogP contribution in [0.2, 0.25) is 0 Å². The third-order valence-electron chi connectivity index (χ3n) is 3.48. The van der Waals surface area contributed by atoms with Crippen molar-refractivity contribution in [3.63, 3.8) is 0 Å². The van der Waals surface area contributed by atoms with Crippen molar-refractivity contribution in [1.29, 1.82) is 10.5 Å². The van der Waals surface area contributed by atoms with Crippen molar-refractivity contribution < 1.29 is 13.9 Å². The fourth-order valence-electron chi connectivity index (χ4n) is 2.23. The van der Waals surface area contributed by atoms with Gasteiger partial charge in [0.1, 0.15) is 28.9 Å². The zero-order valence-corrected chi connectivity index (χ0v) is 14.0. The van der Waals surface area contributed by atoms with Crippen molar-refractivity contribution in [3.8, 4) is 17.9 Å². The number of carbonyl (C=O) groups excluding carboxylic acids is 1. The number of aryl methyl sites for hydroxylation is 1. The van der Waals surface area contributed by atoms with Crippen LogP contribution >= 0.6 is 0 Å². The van der Waals surface area contributed by atoms with Crippen molar-refractivity contribution in [3.05, 3.63) is 53.5 Å². The van der Waals surface area contributed by atoms with Gasteiger partial charge in [-0.15, -0.1) is 0 Å². The van der Waals surface area contributed by atoms with E-state index in [-0.39, 0.29) is 18.5 Å². The van der Waals surface area contributed by atoms with Crippen LogP contribution in [0.15, 0.2) is 46.4 Å². The number of nitriles is 2. The Balaban J connectivity index is 2.34. The van der Waals surface area contributed by atoms with Crippen LogP contribution in [0.1, 0.15) is 17.9 Å². The zero-order chi connectivity index (χ0) is 18.2. The Morgan fingerprint density at radius 3 is 2.48 bits per heavy atom. The summed E-state index contributed by atoms with van der Waals surface area (Å²) in [5.74, 6) is 1.28. The van der Waals surface area contributed by atoms with Crippen LogP contribution in [0.4, 0.5) is 5.69 Å². The number of carbonyl (C=O) groups is 1. The molecule has 2 rings (SSSR count). The smallest absolute Gasteiger partial charge is 0.269 e. The second-order valence-corrected chi connectivity index (χ2v) is 5.18. The van der Waals surface area contributed by atoms with E-state index in [1.807, 2.05) is 12.1 Å². The lowest BCUT2D eigenvalue weighted by Crippen LogP contribution is -2.32. The van der Waals surface area contributed by atoms with Gasteiger partial charge in [-0.1, -0.05) is 0 Å². The van der Waals surface area contributed by atoms with Crippen LogP contribution in [-0.4, -0.2) is 19.6 Å². The molecule has 1 heterocycles. The average Bonchev–Trinajstić information content (AvgIpc) is 3.05. The molecule has 0 bridgehead atoms. The Morgan fingerprint density at radius 2 is 1.96 bits per heavy atom. The van der Waals surface area contributed by atoms with Crippen molar-refractivity contribution >= 4 is 17.7 Å². The summed E-state index contributed by atoms with van der Waals surface area (Å²) in [4.78, 5) is 14.2. The van der Waals surface area contributed by atoms with E-state index in [9.17, 15) is 10.1 Å². The molecule has 1 aromatic carbocycles. The zero-order valence-electron chi connectivity index (χ0n) is 14.0. The summed E-state index contributed by atoms with van der Waals surface area (Å²) in [6.45, 7) is 1.96. The van der Waals surface area contributed by atoms with E-state index in [4.69, 9.17) is 14.4 Å². The summed E-state index contributed by atoms with van der Waals surface area (Å²) in [5.41, 5.74) is 0.515. The minimum Gasteiger partial charge on any atom is -0.497 e. The number of ether oxygens (including phenoxy) is 1. The number of methoxy groups -OCH3 is 1. The molecule has 0 spiro atoms. The van der Waals surface area contributed by atoms with Gasteiger partial charge in [-0.2, -0.15) is 10.5 Å². The topological polar surface area (TPSA) is 90.3 Å². The summed E-state index contributed by atoms with van der Waals surface area (Å²) >= 11 is 0. The van der Waals surface area contributed by atoms with Gasteiger partial charge in [0, 0.05) is 18.3 Å². The number of anilines is 1. The molecule has 25 heavy (non-hydrogen) atoms. The largest absolute Gasteiger partial charge is 0.497 e. The Labute approximate surface area is 146 Å². The molecule has 0 aliphatic rings. The molecule has 0 aliphatic heterocycles. The lowest BCUT2D eigenvalue weighted by Gasteiger charge is -2.21. The van der Waals surface area contributed by atoms with Crippen molar-refractivity contribution in [2.24, 2.45) is 0 Å². The first kappa shape index (κ1) is 17.8. The molecule has 0 unspecified atom stereocenters. The number of hydrogen-bond acceptors (Lipinski definition) is 5. The second kappa shape index (κ2) is 8.37. The van der Waals surface area contributed by atoms with Crippen LogP contribution in [0.3, 0.4) is 0 Å². The first-order valence-corrected chi connectivity index (χ1v) is 7.60. The third-order valence-corrected chi connectivity index (χ3v) is 3.48. The van der Waals surface area contributed by atoms with Gasteiger partial charge in [0.2, 0.25) is 0 Å². The highest BCUT2D eigenvalue weighted by molar-refractivity contribution is 6.11. The molecule has 0 radical (unpaired) electrons. The molecule has 0 saturated carbocycles. The summed E-state index contributed by atoms with van der Waals surface area (Å²) in [6, 6.07) is 14.2. The van der Waals surface area contributed by atoms with Crippen LogP contribution in [0.25, 0.3) is 6.08 Å². The lowest BCUT2D eigenvalue weighted by atomic mass is 10.1. The first-order valence-electron chi connectivity index (χ1n) is 7.60. The SMILES string of the molecule is COc1ccc(N(CCC#N)C(=O)/C(C#N)=C/c2ccc(C)o2)cc1. The first-order chi connectivity index (χ1) is 12.1. The average molecular weight is 335 g/mol. The van der Waals surface area contributed by atoms with E-state index in [1.54, 1.807) is 50.4 Å². The standard InChI is InChI=1S/C19H17N3O3/c1-14-4-7-18(25-14)12-15(13-21)19(23)22(11-3-10-20)16-5-8-17(24-2)9-6-16/h4-9,12H,3,11H2,1-2H3/b15-12+. The maximum atomic E-state index is 12.8.